The van der Waals surface area contributed by atoms with Crippen molar-refractivity contribution in [1.29, 1.82) is 0 Å². The van der Waals surface area contributed by atoms with Crippen molar-refractivity contribution >= 4 is 16.7 Å². The van der Waals surface area contributed by atoms with E-state index in [1.807, 2.05) is 55.5 Å². The number of hydrogen-bond donors (Lipinski definition) is 2. The van der Waals surface area contributed by atoms with Gasteiger partial charge in [0.1, 0.15) is 10.7 Å². The van der Waals surface area contributed by atoms with E-state index in [1.165, 1.54) is 0 Å². The van der Waals surface area contributed by atoms with Crippen LogP contribution in [0.4, 0.5) is 0 Å². The normalized spacial score (nSPS) is 24.5. The van der Waals surface area contributed by atoms with Crippen LogP contribution in [0.2, 0.25) is 0 Å². The molecule has 2 N–H and O–H groups in total. The van der Waals surface area contributed by atoms with Crippen LogP contribution in [0.5, 0.6) is 5.75 Å². The lowest BCUT2D eigenvalue weighted by atomic mass is 10.1. The van der Waals surface area contributed by atoms with Gasteiger partial charge in [0.25, 0.3) is 5.91 Å². The van der Waals surface area contributed by atoms with Gasteiger partial charge < -0.3 is 15.4 Å². The number of benzene rings is 1. The molecule has 1 aliphatic heterocycles. The molecule has 3 unspecified atom stereocenters. The summed E-state index contributed by atoms with van der Waals surface area (Å²) in [6, 6.07) is 7.53. The van der Waals surface area contributed by atoms with Crippen LogP contribution in [0.1, 0.15) is 12.5 Å². The molecule has 1 aromatic carbocycles. The van der Waals surface area contributed by atoms with Crippen LogP contribution in [-0.2, 0) is 22.1 Å². The molecule has 2 aliphatic rings. The first-order chi connectivity index (χ1) is 11.7. The Morgan fingerprint density at radius 2 is 2.00 bits per heavy atom. The van der Waals surface area contributed by atoms with Gasteiger partial charge in [0.2, 0.25) is 0 Å². The van der Waals surface area contributed by atoms with Gasteiger partial charge in [-0.2, -0.15) is 0 Å². The Hall–Kier alpha value is -2.34. The fraction of sp³-hybridized carbons (Fsp3) is 0.278. The van der Waals surface area contributed by atoms with Crippen LogP contribution < -0.4 is 15.4 Å². The van der Waals surface area contributed by atoms with E-state index in [1.54, 1.807) is 6.20 Å². The number of nitrogens with one attached hydrogen (secondary N) is 2. The molecule has 1 aliphatic carbocycles. The minimum Gasteiger partial charge on any atom is -0.494 e. The first-order valence-corrected chi connectivity index (χ1v) is 9.12. The molecule has 0 fully saturated rings. The van der Waals surface area contributed by atoms with E-state index in [9.17, 15) is 9.00 Å². The van der Waals surface area contributed by atoms with Crippen LogP contribution in [-0.4, -0.2) is 28.0 Å². The molecular weight excluding hydrogens is 324 g/mol. The second kappa shape index (κ2) is 7.49. The van der Waals surface area contributed by atoms with Crippen LogP contribution in [0.15, 0.2) is 59.7 Å². The number of ether oxygens (including phenoxy) is 1. The van der Waals surface area contributed by atoms with Gasteiger partial charge >= 0.3 is 0 Å². The Morgan fingerprint density at radius 3 is 2.75 bits per heavy atom. The number of rotatable bonds is 5. The molecule has 1 amide bonds. The standard InChI is InChI=1S/C18H20N2O3S/c1-2-23-14-9-7-13(8-10-14)11-20-18(21)17-12-19-15-5-3-4-6-16(15)24(17)22/h3-10,12,15-16,19H,2,11H2,1H3,(H,20,21). The zero-order valence-corrected chi connectivity index (χ0v) is 14.2. The highest BCUT2D eigenvalue weighted by molar-refractivity contribution is 7.91. The minimum absolute atomic E-state index is 0.0153. The zero-order chi connectivity index (χ0) is 16.9. The maximum absolute atomic E-state index is 12.6. The second-order valence-electron chi connectivity index (χ2n) is 5.49. The highest BCUT2D eigenvalue weighted by atomic mass is 32.2. The third-order valence-electron chi connectivity index (χ3n) is 3.87. The van der Waals surface area contributed by atoms with Crippen molar-refractivity contribution in [2.24, 2.45) is 0 Å². The van der Waals surface area contributed by atoms with Gasteiger partial charge in [-0.1, -0.05) is 36.4 Å². The quantitative estimate of drug-likeness (QED) is 0.854. The Bertz CT molecular complexity index is 722. The summed E-state index contributed by atoms with van der Waals surface area (Å²) in [6.07, 6.45) is 9.17. The summed E-state index contributed by atoms with van der Waals surface area (Å²) in [4.78, 5) is 12.6. The average molecular weight is 344 g/mol. The minimum atomic E-state index is -1.36. The van der Waals surface area contributed by atoms with Crippen molar-refractivity contribution in [1.82, 2.24) is 10.6 Å². The number of fused-ring (bicyclic) bond motifs is 1. The second-order valence-corrected chi connectivity index (χ2v) is 7.07. The van der Waals surface area contributed by atoms with Crippen LogP contribution in [0, 0.1) is 0 Å². The molecule has 0 aromatic heterocycles. The third kappa shape index (κ3) is 3.59. The lowest BCUT2D eigenvalue weighted by Gasteiger charge is -2.29. The lowest BCUT2D eigenvalue weighted by Crippen LogP contribution is -2.45. The zero-order valence-electron chi connectivity index (χ0n) is 13.4. The summed E-state index contributed by atoms with van der Waals surface area (Å²) in [5.41, 5.74) is 0.959. The van der Waals surface area contributed by atoms with Crippen molar-refractivity contribution in [2.75, 3.05) is 6.61 Å². The van der Waals surface area contributed by atoms with Gasteiger partial charge in [-0.15, -0.1) is 0 Å². The van der Waals surface area contributed by atoms with E-state index < -0.39 is 10.8 Å². The molecule has 0 saturated carbocycles. The molecule has 24 heavy (non-hydrogen) atoms. The third-order valence-corrected chi connectivity index (χ3v) is 5.55. The Balaban J connectivity index is 1.60. The molecule has 126 valence electrons. The summed E-state index contributed by atoms with van der Waals surface area (Å²) < 4.78 is 18.0. The molecule has 6 heteroatoms. The van der Waals surface area contributed by atoms with Crippen LogP contribution >= 0.6 is 0 Å². The molecule has 0 bridgehead atoms. The first kappa shape index (κ1) is 16.5. The van der Waals surface area contributed by atoms with Gasteiger partial charge in [0, 0.05) is 12.7 Å². The molecule has 3 rings (SSSR count). The Labute approximate surface area is 143 Å². The van der Waals surface area contributed by atoms with Crippen molar-refractivity contribution in [3.05, 3.63) is 65.2 Å². The van der Waals surface area contributed by atoms with Crippen molar-refractivity contribution in [3.8, 4) is 5.75 Å². The fourth-order valence-electron chi connectivity index (χ4n) is 2.61. The number of carbonyl (C=O) groups is 1. The molecule has 5 nitrogen and oxygen atoms in total. The van der Waals surface area contributed by atoms with E-state index >= 15 is 0 Å². The largest absolute Gasteiger partial charge is 0.494 e. The van der Waals surface area contributed by atoms with Crippen molar-refractivity contribution in [2.45, 2.75) is 24.8 Å². The van der Waals surface area contributed by atoms with Crippen molar-refractivity contribution < 1.29 is 13.7 Å². The van der Waals surface area contributed by atoms with E-state index in [-0.39, 0.29) is 22.1 Å². The molecule has 3 atom stereocenters. The predicted octanol–water partition coefficient (Wildman–Crippen LogP) is 1.76. The van der Waals surface area contributed by atoms with E-state index in [0.29, 0.717) is 13.2 Å². The SMILES string of the molecule is CCOc1ccc(CNC(=O)C2=CNC3C=CC=CC3S2=O)cc1. The topological polar surface area (TPSA) is 67.4 Å². The number of allylic oxidation sites excluding steroid dienone is 2. The Morgan fingerprint density at radius 1 is 1.25 bits per heavy atom. The van der Waals surface area contributed by atoms with Crippen molar-refractivity contribution in [3.63, 3.8) is 0 Å². The smallest absolute Gasteiger partial charge is 0.262 e. The maximum atomic E-state index is 12.6. The molecule has 0 spiro atoms. The van der Waals surface area contributed by atoms with Gasteiger partial charge in [-0.3, -0.25) is 9.00 Å². The number of carbonyl (C=O) groups excluding carboxylic acids is 1. The molecule has 1 heterocycles. The molecule has 0 saturated heterocycles. The molecular formula is C18H20N2O3S. The Kier molecular flexibility index (Phi) is 5.15. The summed E-state index contributed by atoms with van der Waals surface area (Å²) in [5, 5.41) is 5.75. The van der Waals surface area contributed by atoms with Gasteiger partial charge in [0.05, 0.1) is 28.7 Å². The van der Waals surface area contributed by atoms with E-state index in [2.05, 4.69) is 10.6 Å². The molecule has 0 radical (unpaired) electrons. The molecule has 1 aromatic rings. The van der Waals surface area contributed by atoms with E-state index in [0.717, 1.165) is 11.3 Å². The van der Waals surface area contributed by atoms with Gasteiger partial charge in [-0.05, 0) is 24.6 Å². The van der Waals surface area contributed by atoms with Gasteiger partial charge in [0.15, 0.2) is 0 Å². The van der Waals surface area contributed by atoms with Crippen LogP contribution in [0.3, 0.4) is 0 Å². The van der Waals surface area contributed by atoms with Crippen LogP contribution in [0.25, 0.3) is 0 Å². The first-order valence-electron chi connectivity index (χ1n) is 7.91. The highest BCUT2D eigenvalue weighted by Gasteiger charge is 2.33. The van der Waals surface area contributed by atoms with E-state index in [4.69, 9.17) is 4.74 Å². The van der Waals surface area contributed by atoms with Gasteiger partial charge in [-0.25, -0.2) is 0 Å². The summed E-state index contributed by atoms with van der Waals surface area (Å²) >= 11 is 0. The monoisotopic (exact) mass is 344 g/mol. The summed E-state index contributed by atoms with van der Waals surface area (Å²) in [6.45, 7) is 2.93. The number of amides is 1. The summed E-state index contributed by atoms with van der Waals surface area (Å²) in [7, 11) is -1.36. The predicted molar refractivity (Wildman–Crippen MR) is 94.7 cm³/mol. The summed E-state index contributed by atoms with van der Waals surface area (Å²) in [5.74, 6) is 0.493. The maximum Gasteiger partial charge on any atom is 0.262 e. The lowest BCUT2D eigenvalue weighted by molar-refractivity contribution is -0.117. The number of hydrogen-bond acceptors (Lipinski definition) is 4. The highest BCUT2D eigenvalue weighted by Crippen LogP contribution is 2.21. The average Bonchev–Trinajstić information content (AvgIpc) is 2.62. The fourth-order valence-corrected chi connectivity index (χ4v) is 4.02.